The molecule has 90 valence electrons. The third-order valence-electron chi connectivity index (χ3n) is 2.11. The number of hydrogen-bond donors (Lipinski definition) is 0. The van der Waals surface area contributed by atoms with Gasteiger partial charge in [-0.05, 0) is 6.42 Å². The molecule has 1 aromatic rings. The monoisotopic (exact) mass is 235 g/mol. The summed E-state index contributed by atoms with van der Waals surface area (Å²) in [4.78, 5) is 10.4. The second kappa shape index (κ2) is 5.09. The highest BCUT2D eigenvalue weighted by molar-refractivity contribution is 5.73. The molecular formula is C9H12F3N3O. The highest BCUT2D eigenvalue weighted by Crippen LogP contribution is 2.30. The third-order valence-corrected chi connectivity index (χ3v) is 2.11. The Bertz CT molecular complexity index is 359. The SMILES string of the molecule is CCCCCn1nnc(C=O)c1C(F)(F)F. The van der Waals surface area contributed by atoms with E-state index in [1.165, 1.54) is 0 Å². The number of carbonyl (C=O) groups is 1. The summed E-state index contributed by atoms with van der Waals surface area (Å²) in [6, 6.07) is 0. The fraction of sp³-hybridized carbons (Fsp3) is 0.667. The van der Waals surface area contributed by atoms with Crippen molar-refractivity contribution in [2.24, 2.45) is 0 Å². The minimum Gasteiger partial charge on any atom is -0.296 e. The lowest BCUT2D eigenvalue weighted by atomic mass is 10.2. The molecular weight excluding hydrogens is 223 g/mol. The first-order chi connectivity index (χ1) is 7.50. The third kappa shape index (κ3) is 2.80. The predicted octanol–water partition coefficient (Wildman–Crippen LogP) is 2.30. The average Bonchev–Trinajstić information content (AvgIpc) is 2.61. The van der Waals surface area contributed by atoms with Gasteiger partial charge >= 0.3 is 6.18 Å². The van der Waals surface area contributed by atoms with E-state index in [0.717, 1.165) is 17.5 Å². The zero-order valence-corrected chi connectivity index (χ0v) is 8.79. The van der Waals surface area contributed by atoms with E-state index in [2.05, 4.69) is 10.3 Å². The van der Waals surface area contributed by atoms with Gasteiger partial charge in [0.2, 0.25) is 0 Å². The molecule has 7 heteroatoms. The van der Waals surface area contributed by atoms with E-state index in [1.807, 2.05) is 6.92 Å². The van der Waals surface area contributed by atoms with Crippen LogP contribution in [0.3, 0.4) is 0 Å². The summed E-state index contributed by atoms with van der Waals surface area (Å²) in [7, 11) is 0. The second-order valence-corrected chi connectivity index (χ2v) is 3.37. The number of unbranched alkanes of at least 4 members (excludes halogenated alkanes) is 2. The zero-order chi connectivity index (χ0) is 12.2. The maximum absolute atomic E-state index is 12.6. The van der Waals surface area contributed by atoms with Crippen LogP contribution >= 0.6 is 0 Å². The smallest absolute Gasteiger partial charge is 0.296 e. The lowest BCUT2D eigenvalue weighted by molar-refractivity contribution is -0.144. The highest BCUT2D eigenvalue weighted by Gasteiger charge is 2.39. The van der Waals surface area contributed by atoms with E-state index in [-0.39, 0.29) is 12.8 Å². The molecule has 0 unspecified atom stereocenters. The molecule has 4 nitrogen and oxygen atoms in total. The maximum Gasteiger partial charge on any atom is 0.435 e. The summed E-state index contributed by atoms with van der Waals surface area (Å²) < 4.78 is 38.5. The number of nitrogens with zero attached hydrogens (tertiary/aromatic N) is 3. The number of halogens is 3. The topological polar surface area (TPSA) is 47.8 Å². The lowest BCUT2D eigenvalue weighted by Crippen LogP contribution is -2.16. The van der Waals surface area contributed by atoms with Crippen molar-refractivity contribution in [2.75, 3.05) is 0 Å². The molecule has 0 aromatic carbocycles. The van der Waals surface area contributed by atoms with Crippen molar-refractivity contribution in [2.45, 2.75) is 38.9 Å². The molecule has 0 bridgehead atoms. The van der Waals surface area contributed by atoms with Gasteiger partial charge in [0, 0.05) is 6.54 Å². The van der Waals surface area contributed by atoms with E-state index in [9.17, 15) is 18.0 Å². The van der Waals surface area contributed by atoms with Crippen molar-refractivity contribution >= 4 is 6.29 Å². The standard InChI is InChI=1S/C9H12F3N3O/c1-2-3-4-5-15-8(9(10,11)12)7(6-16)13-14-15/h6H,2-5H2,1H3. The van der Waals surface area contributed by atoms with Gasteiger partial charge in [-0.15, -0.1) is 5.10 Å². The number of carbonyl (C=O) groups excluding carboxylic acids is 1. The predicted molar refractivity (Wildman–Crippen MR) is 49.9 cm³/mol. The number of hydrogen-bond acceptors (Lipinski definition) is 3. The number of aromatic nitrogens is 3. The van der Waals surface area contributed by atoms with E-state index >= 15 is 0 Å². The van der Waals surface area contributed by atoms with Gasteiger partial charge in [-0.25, -0.2) is 4.68 Å². The van der Waals surface area contributed by atoms with Gasteiger partial charge in [-0.1, -0.05) is 25.0 Å². The van der Waals surface area contributed by atoms with Crippen molar-refractivity contribution < 1.29 is 18.0 Å². The summed E-state index contributed by atoms with van der Waals surface area (Å²) in [6.07, 6.45) is -2.22. The van der Waals surface area contributed by atoms with Gasteiger partial charge in [-0.3, -0.25) is 4.79 Å². The van der Waals surface area contributed by atoms with Crippen molar-refractivity contribution in [1.29, 1.82) is 0 Å². The van der Waals surface area contributed by atoms with Gasteiger partial charge in [0.1, 0.15) is 0 Å². The summed E-state index contributed by atoms with van der Waals surface area (Å²) in [5.74, 6) is 0. The van der Waals surface area contributed by atoms with Crippen LogP contribution in [0.5, 0.6) is 0 Å². The molecule has 16 heavy (non-hydrogen) atoms. The Morgan fingerprint density at radius 2 is 2.06 bits per heavy atom. The molecule has 1 rings (SSSR count). The van der Waals surface area contributed by atoms with Crippen LogP contribution in [0.2, 0.25) is 0 Å². The zero-order valence-electron chi connectivity index (χ0n) is 8.79. The quantitative estimate of drug-likeness (QED) is 0.581. The first-order valence-electron chi connectivity index (χ1n) is 4.96. The maximum atomic E-state index is 12.6. The molecule has 0 aliphatic carbocycles. The Morgan fingerprint density at radius 3 is 2.56 bits per heavy atom. The molecule has 0 saturated heterocycles. The molecule has 0 aliphatic heterocycles. The molecule has 1 heterocycles. The van der Waals surface area contributed by atoms with Gasteiger partial charge in [0.25, 0.3) is 0 Å². The van der Waals surface area contributed by atoms with Crippen molar-refractivity contribution in [3.8, 4) is 0 Å². The van der Waals surface area contributed by atoms with Crippen molar-refractivity contribution in [1.82, 2.24) is 15.0 Å². The fourth-order valence-corrected chi connectivity index (χ4v) is 1.37. The summed E-state index contributed by atoms with van der Waals surface area (Å²) in [6.45, 7) is 2.08. The largest absolute Gasteiger partial charge is 0.435 e. The van der Waals surface area contributed by atoms with Gasteiger partial charge in [-0.2, -0.15) is 13.2 Å². The molecule has 0 aliphatic rings. The Hall–Kier alpha value is -1.40. The first-order valence-corrected chi connectivity index (χ1v) is 4.96. The minimum atomic E-state index is -4.59. The molecule has 0 fully saturated rings. The van der Waals surface area contributed by atoms with Gasteiger partial charge < -0.3 is 0 Å². The molecule has 0 saturated carbocycles. The van der Waals surface area contributed by atoms with Crippen molar-refractivity contribution in [3.63, 3.8) is 0 Å². The Morgan fingerprint density at radius 1 is 1.38 bits per heavy atom. The molecule has 0 amide bonds. The van der Waals surface area contributed by atoms with E-state index in [4.69, 9.17) is 0 Å². The molecule has 0 N–H and O–H groups in total. The highest BCUT2D eigenvalue weighted by atomic mass is 19.4. The lowest BCUT2D eigenvalue weighted by Gasteiger charge is -2.09. The number of aryl methyl sites for hydroxylation is 1. The minimum absolute atomic E-state index is 0.0755. The second-order valence-electron chi connectivity index (χ2n) is 3.37. The van der Waals surface area contributed by atoms with Gasteiger partial charge in [0.05, 0.1) is 0 Å². The summed E-state index contributed by atoms with van der Waals surface area (Å²) in [5.41, 5.74) is -1.71. The van der Waals surface area contributed by atoms with Crippen molar-refractivity contribution in [3.05, 3.63) is 11.4 Å². The number of aldehydes is 1. The first kappa shape index (κ1) is 12.7. The van der Waals surface area contributed by atoms with Gasteiger partial charge in [0.15, 0.2) is 17.7 Å². The van der Waals surface area contributed by atoms with Crippen LogP contribution in [0.1, 0.15) is 42.4 Å². The Labute approximate surface area is 90.4 Å². The van der Waals surface area contributed by atoms with Crippen LogP contribution in [0.15, 0.2) is 0 Å². The fourth-order valence-electron chi connectivity index (χ4n) is 1.37. The van der Waals surface area contributed by atoms with E-state index < -0.39 is 17.6 Å². The normalized spacial score (nSPS) is 11.8. The summed E-state index contributed by atoms with van der Waals surface area (Å²) >= 11 is 0. The molecule has 0 atom stereocenters. The van der Waals surface area contributed by atoms with Crippen LogP contribution < -0.4 is 0 Å². The molecule has 0 radical (unpaired) electrons. The Kier molecular flexibility index (Phi) is 4.03. The number of alkyl halides is 3. The average molecular weight is 235 g/mol. The van der Waals surface area contributed by atoms with Crippen LogP contribution in [0.4, 0.5) is 13.2 Å². The van der Waals surface area contributed by atoms with E-state index in [0.29, 0.717) is 6.42 Å². The molecule has 1 aromatic heterocycles. The van der Waals surface area contributed by atoms with Crippen LogP contribution in [0.25, 0.3) is 0 Å². The summed E-state index contributed by atoms with van der Waals surface area (Å²) in [5, 5.41) is 6.55. The van der Waals surface area contributed by atoms with Crippen LogP contribution in [-0.4, -0.2) is 21.3 Å². The van der Waals surface area contributed by atoms with Crippen LogP contribution in [0, 0.1) is 0 Å². The van der Waals surface area contributed by atoms with E-state index in [1.54, 1.807) is 0 Å². The number of rotatable bonds is 5. The van der Waals surface area contributed by atoms with Crippen LogP contribution in [-0.2, 0) is 12.7 Å². The Balaban J connectivity index is 2.92. The molecule has 0 spiro atoms.